The lowest BCUT2D eigenvalue weighted by molar-refractivity contribution is -0.136. The molecule has 0 atom stereocenters. The fourth-order valence-electron chi connectivity index (χ4n) is 3.28. The summed E-state index contributed by atoms with van der Waals surface area (Å²) in [5.41, 5.74) is 6.51. The number of nitrogens with zero attached hydrogens (tertiary/aromatic N) is 1. The molecule has 0 aliphatic carbocycles. The molecule has 0 bridgehead atoms. The second-order valence-corrected chi connectivity index (χ2v) is 8.64. The predicted octanol–water partition coefficient (Wildman–Crippen LogP) is 5.90. The van der Waals surface area contributed by atoms with E-state index in [0.717, 1.165) is 34.0 Å². The van der Waals surface area contributed by atoms with Crippen LogP contribution in [-0.4, -0.2) is 18.0 Å². The van der Waals surface area contributed by atoms with Crippen molar-refractivity contribution in [1.82, 2.24) is 5.43 Å². The number of amides is 2. The van der Waals surface area contributed by atoms with Gasteiger partial charge in [-0.05, 0) is 69.7 Å². The Morgan fingerprint density at radius 2 is 1.65 bits per heavy atom. The minimum atomic E-state index is -0.844. The van der Waals surface area contributed by atoms with Crippen LogP contribution in [0.2, 0.25) is 5.02 Å². The number of anilines is 1. The molecule has 0 aromatic heterocycles. The van der Waals surface area contributed by atoms with Crippen molar-refractivity contribution in [2.75, 3.05) is 5.32 Å². The molecule has 0 unspecified atom stereocenters. The van der Waals surface area contributed by atoms with E-state index in [1.807, 2.05) is 56.3 Å². The molecule has 0 spiro atoms. The summed E-state index contributed by atoms with van der Waals surface area (Å²) in [6, 6.07) is 18.7. The van der Waals surface area contributed by atoms with Crippen molar-refractivity contribution in [3.05, 3.63) is 92.4 Å². The fraction of sp³-hybridized carbons (Fsp3) is 0.192. The van der Waals surface area contributed by atoms with E-state index in [1.54, 1.807) is 18.2 Å². The third kappa shape index (κ3) is 6.68. The molecule has 0 aliphatic rings. The van der Waals surface area contributed by atoms with Crippen LogP contribution >= 0.6 is 27.5 Å². The Hall–Kier alpha value is -3.16. The first-order valence-electron chi connectivity index (χ1n) is 10.8. The van der Waals surface area contributed by atoms with Gasteiger partial charge >= 0.3 is 11.8 Å². The van der Waals surface area contributed by atoms with E-state index in [9.17, 15) is 9.59 Å². The number of ether oxygens (including phenoxy) is 1. The van der Waals surface area contributed by atoms with Crippen molar-refractivity contribution in [3.8, 4) is 5.75 Å². The Morgan fingerprint density at radius 1 is 0.971 bits per heavy atom. The second-order valence-electron chi connectivity index (χ2n) is 7.38. The summed E-state index contributed by atoms with van der Waals surface area (Å²) in [5.74, 6) is -0.970. The number of rotatable bonds is 8. The maximum absolute atomic E-state index is 12.4. The van der Waals surface area contributed by atoms with E-state index >= 15 is 0 Å². The molecule has 8 heteroatoms. The van der Waals surface area contributed by atoms with Crippen LogP contribution in [0.15, 0.2) is 70.2 Å². The Morgan fingerprint density at radius 3 is 2.29 bits per heavy atom. The van der Waals surface area contributed by atoms with Gasteiger partial charge in [0.05, 0.1) is 10.7 Å². The Bertz CT molecular complexity index is 1190. The standard InChI is InChI=1S/C26H25BrClN3O3/c1-3-18-9-7-10-19(4-2)24(18)30-25(32)26(33)31-29-15-17-12-13-23(21(27)14-17)34-16-20-8-5-6-11-22(20)28/h5-15H,3-4,16H2,1-2H3,(H,30,32)(H,31,33)/b29-15-. The molecule has 0 heterocycles. The smallest absolute Gasteiger partial charge is 0.329 e. The summed E-state index contributed by atoms with van der Waals surface area (Å²) >= 11 is 9.64. The van der Waals surface area contributed by atoms with Crippen LogP contribution < -0.4 is 15.5 Å². The van der Waals surface area contributed by atoms with Crippen molar-refractivity contribution < 1.29 is 14.3 Å². The molecule has 0 fully saturated rings. The highest BCUT2D eigenvalue weighted by molar-refractivity contribution is 9.10. The van der Waals surface area contributed by atoms with Gasteiger partial charge in [0.1, 0.15) is 12.4 Å². The van der Waals surface area contributed by atoms with Gasteiger partial charge in [0.25, 0.3) is 0 Å². The first kappa shape index (κ1) is 25.5. The van der Waals surface area contributed by atoms with Crippen molar-refractivity contribution in [2.45, 2.75) is 33.3 Å². The van der Waals surface area contributed by atoms with Crippen LogP contribution in [0.4, 0.5) is 5.69 Å². The van der Waals surface area contributed by atoms with E-state index in [-0.39, 0.29) is 0 Å². The van der Waals surface area contributed by atoms with Crippen LogP contribution in [0.1, 0.15) is 36.1 Å². The summed E-state index contributed by atoms with van der Waals surface area (Å²) in [5, 5.41) is 7.26. The summed E-state index contributed by atoms with van der Waals surface area (Å²) in [6.45, 7) is 4.33. The SMILES string of the molecule is CCc1cccc(CC)c1NC(=O)C(=O)N/N=C\c1ccc(OCc2ccccc2Cl)c(Br)c1. The van der Waals surface area contributed by atoms with Crippen LogP contribution in [-0.2, 0) is 29.0 Å². The Kier molecular flexibility index (Phi) is 9.24. The van der Waals surface area contributed by atoms with Crippen LogP contribution in [0, 0.1) is 0 Å². The zero-order valence-electron chi connectivity index (χ0n) is 18.9. The van der Waals surface area contributed by atoms with E-state index in [1.165, 1.54) is 6.21 Å². The minimum Gasteiger partial charge on any atom is -0.488 e. The average Bonchev–Trinajstić information content (AvgIpc) is 2.84. The first-order valence-corrected chi connectivity index (χ1v) is 12.0. The minimum absolute atomic E-state index is 0.331. The third-order valence-electron chi connectivity index (χ3n) is 5.12. The number of hydrazone groups is 1. The van der Waals surface area contributed by atoms with Gasteiger partial charge in [-0.2, -0.15) is 5.10 Å². The molecule has 3 rings (SSSR count). The number of hydrogen-bond acceptors (Lipinski definition) is 4. The largest absolute Gasteiger partial charge is 0.488 e. The molecular formula is C26H25BrClN3O3. The number of hydrogen-bond donors (Lipinski definition) is 2. The van der Waals surface area contributed by atoms with Crippen LogP contribution in [0.25, 0.3) is 0 Å². The molecule has 6 nitrogen and oxygen atoms in total. The highest BCUT2D eigenvalue weighted by Crippen LogP contribution is 2.27. The second kappa shape index (κ2) is 12.3. The highest BCUT2D eigenvalue weighted by Gasteiger charge is 2.16. The number of carbonyl (C=O) groups is 2. The third-order valence-corrected chi connectivity index (χ3v) is 6.11. The van der Waals surface area contributed by atoms with Gasteiger partial charge < -0.3 is 10.1 Å². The molecule has 0 radical (unpaired) electrons. The highest BCUT2D eigenvalue weighted by atomic mass is 79.9. The number of aryl methyl sites for hydroxylation is 2. The molecular weight excluding hydrogens is 518 g/mol. The number of para-hydroxylation sites is 1. The van der Waals surface area contributed by atoms with Gasteiger partial charge in [-0.3, -0.25) is 9.59 Å². The van der Waals surface area contributed by atoms with Gasteiger partial charge in [-0.15, -0.1) is 0 Å². The van der Waals surface area contributed by atoms with Crippen molar-refractivity contribution >= 4 is 51.2 Å². The zero-order chi connectivity index (χ0) is 24.5. The molecule has 176 valence electrons. The molecule has 34 heavy (non-hydrogen) atoms. The molecule has 2 amide bonds. The molecule has 0 aliphatic heterocycles. The number of halogens is 2. The lowest BCUT2D eigenvalue weighted by Gasteiger charge is -2.13. The van der Waals surface area contributed by atoms with Gasteiger partial charge in [0, 0.05) is 16.3 Å². The van der Waals surface area contributed by atoms with Gasteiger partial charge in [-0.25, -0.2) is 5.43 Å². The molecule has 0 saturated heterocycles. The molecule has 3 aromatic carbocycles. The number of benzene rings is 3. The van der Waals surface area contributed by atoms with Gasteiger partial charge in [0.2, 0.25) is 0 Å². The topological polar surface area (TPSA) is 79.8 Å². The maximum atomic E-state index is 12.4. The molecule has 2 N–H and O–H groups in total. The predicted molar refractivity (Wildman–Crippen MR) is 139 cm³/mol. The van der Waals surface area contributed by atoms with Crippen molar-refractivity contribution in [2.24, 2.45) is 5.10 Å². The van der Waals surface area contributed by atoms with E-state index in [4.69, 9.17) is 16.3 Å². The van der Waals surface area contributed by atoms with Crippen LogP contribution in [0.5, 0.6) is 5.75 Å². The number of nitrogens with one attached hydrogen (secondary N) is 2. The van der Waals surface area contributed by atoms with E-state index in [0.29, 0.717) is 28.6 Å². The lowest BCUT2D eigenvalue weighted by atomic mass is 10.0. The maximum Gasteiger partial charge on any atom is 0.329 e. The first-order chi connectivity index (χ1) is 16.4. The summed E-state index contributed by atoms with van der Waals surface area (Å²) < 4.78 is 6.55. The van der Waals surface area contributed by atoms with Crippen molar-refractivity contribution in [3.63, 3.8) is 0 Å². The van der Waals surface area contributed by atoms with Crippen LogP contribution in [0.3, 0.4) is 0 Å². The quantitative estimate of drug-likeness (QED) is 0.211. The van der Waals surface area contributed by atoms with Gasteiger partial charge in [-0.1, -0.05) is 61.8 Å². The Labute approximate surface area is 212 Å². The zero-order valence-corrected chi connectivity index (χ0v) is 21.2. The molecule has 3 aromatic rings. The summed E-state index contributed by atoms with van der Waals surface area (Å²) in [4.78, 5) is 24.6. The summed E-state index contributed by atoms with van der Waals surface area (Å²) in [7, 11) is 0. The van der Waals surface area contributed by atoms with Crippen molar-refractivity contribution in [1.29, 1.82) is 0 Å². The van der Waals surface area contributed by atoms with E-state index in [2.05, 4.69) is 31.8 Å². The van der Waals surface area contributed by atoms with Gasteiger partial charge in [0.15, 0.2) is 0 Å². The normalized spacial score (nSPS) is 10.8. The Balaban J connectivity index is 1.57. The average molecular weight is 543 g/mol. The molecule has 0 saturated carbocycles. The fourth-order valence-corrected chi connectivity index (χ4v) is 3.98. The monoisotopic (exact) mass is 541 g/mol. The number of carbonyl (C=O) groups excluding carboxylic acids is 2. The lowest BCUT2D eigenvalue weighted by Crippen LogP contribution is -2.33. The van der Waals surface area contributed by atoms with E-state index < -0.39 is 11.8 Å². The summed E-state index contributed by atoms with van der Waals surface area (Å²) in [6.07, 6.45) is 2.94.